The van der Waals surface area contributed by atoms with Crippen LogP contribution >= 0.6 is 0 Å². The van der Waals surface area contributed by atoms with Crippen molar-refractivity contribution in [3.8, 4) is 22.3 Å². The quantitative estimate of drug-likeness (QED) is 0.154. The lowest BCUT2D eigenvalue weighted by atomic mass is 9.28. The van der Waals surface area contributed by atoms with Crippen LogP contribution in [0.1, 0.15) is 165 Å². The molecular formula is C59H63BN2O. The molecule has 5 heterocycles. The van der Waals surface area contributed by atoms with E-state index in [4.69, 9.17) is 4.42 Å². The van der Waals surface area contributed by atoms with Crippen LogP contribution < -0.4 is 26.2 Å². The molecule has 13 rings (SSSR count). The fourth-order valence-electron chi connectivity index (χ4n) is 14.5. The Labute approximate surface area is 376 Å². The molecule has 0 saturated heterocycles. The van der Waals surface area contributed by atoms with Gasteiger partial charge >= 0.3 is 0 Å². The highest BCUT2D eigenvalue weighted by atomic mass is 16.4. The zero-order valence-electron chi connectivity index (χ0n) is 40.1. The van der Waals surface area contributed by atoms with Crippen LogP contribution in [0.5, 0.6) is 0 Å². The fraction of sp³-hybridized carbons (Fsp3) is 0.424. The molecule has 0 radical (unpaired) electrons. The van der Waals surface area contributed by atoms with Gasteiger partial charge in [-0.3, -0.25) is 4.90 Å². The van der Waals surface area contributed by atoms with Crippen molar-refractivity contribution in [2.24, 2.45) is 0 Å². The maximum absolute atomic E-state index is 7.67. The largest absolute Gasteiger partial charge is 0.444 e. The number of benzene rings is 5. The topological polar surface area (TPSA) is 19.6 Å². The van der Waals surface area contributed by atoms with Gasteiger partial charge in [0.2, 0.25) is 0 Å². The number of furan rings is 1. The van der Waals surface area contributed by atoms with E-state index in [0.29, 0.717) is 0 Å². The van der Waals surface area contributed by atoms with Gasteiger partial charge in [0, 0.05) is 44.6 Å². The van der Waals surface area contributed by atoms with E-state index in [1.54, 1.807) is 0 Å². The molecular weight excluding hydrogens is 763 g/mol. The molecule has 0 bridgehead atoms. The van der Waals surface area contributed by atoms with Crippen molar-refractivity contribution in [3.63, 3.8) is 0 Å². The van der Waals surface area contributed by atoms with E-state index in [9.17, 15) is 0 Å². The molecule has 3 nitrogen and oxygen atoms in total. The molecule has 5 aromatic carbocycles. The summed E-state index contributed by atoms with van der Waals surface area (Å²) in [7, 11) is 0. The maximum Gasteiger partial charge on any atom is 0.257 e. The first-order valence-electron chi connectivity index (χ1n) is 24.2. The van der Waals surface area contributed by atoms with Crippen LogP contribution in [0.15, 0.2) is 77.2 Å². The molecule has 1 unspecified atom stereocenters. The molecule has 3 aliphatic carbocycles. The minimum Gasteiger partial charge on any atom is -0.444 e. The van der Waals surface area contributed by atoms with E-state index in [2.05, 4.69) is 173 Å². The smallest absolute Gasteiger partial charge is 0.257 e. The van der Waals surface area contributed by atoms with Crippen molar-refractivity contribution in [1.29, 1.82) is 0 Å². The Kier molecular flexibility index (Phi) is 7.00. The van der Waals surface area contributed by atoms with E-state index in [1.807, 2.05) is 0 Å². The van der Waals surface area contributed by atoms with Crippen LogP contribution in [-0.2, 0) is 32.5 Å². The summed E-state index contributed by atoms with van der Waals surface area (Å²) >= 11 is 0. The van der Waals surface area contributed by atoms with Crippen LogP contribution in [0, 0.1) is 13.8 Å². The highest BCUT2D eigenvalue weighted by molar-refractivity contribution is 7.01. The monoisotopic (exact) mass is 827 g/mol. The number of nitrogens with zero attached hydrogens (tertiary/aromatic N) is 2. The second kappa shape index (κ2) is 11.5. The van der Waals surface area contributed by atoms with E-state index in [0.717, 1.165) is 18.7 Å². The average Bonchev–Trinajstić information content (AvgIpc) is 3.60. The Morgan fingerprint density at radius 2 is 1.10 bits per heavy atom. The van der Waals surface area contributed by atoms with Crippen molar-refractivity contribution in [3.05, 3.63) is 123 Å². The third-order valence-corrected chi connectivity index (χ3v) is 18.4. The lowest BCUT2D eigenvalue weighted by Gasteiger charge is -2.51. The molecule has 0 saturated carbocycles. The number of fused-ring (bicyclic) bond motifs is 9. The van der Waals surface area contributed by atoms with Gasteiger partial charge in [-0.25, -0.2) is 0 Å². The second-order valence-corrected chi connectivity index (χ2v) is 24.6. The molecule has 7 aliphatic rings. The highest BCUT2D eigenvalue weighted by Crippen LogP contribution is 2.62. The first-order valence-corrected chi connectivity index (χ1v) is 24.2. The van der Waals surface area contributed by atoms with Crippen LogP contribution in [0.3, 0.4) is 0 Å². The van der Waals surface area contributed by atoms with Gasteiger partial charge in [0.15, 0.2) is 5.88 Å². The lowest BCUT2D eigenvalue weighted by molar-refractivity contribution is 0.291. The Morgan fingerprint density at radius 1 is 0.476 bits per heavy atom. The Bertz CT molecular complexity index is 3110. The van der Waals surface area contributed by atoms with Gasteiger partial charge in [-0.15, -0.1) is 0 Å². The SMILES string of the molecule is Cc1cc2c3c4c1-c1ccccc1-c1cc5c(cc1N4c1ccc(C)c4c1B3c1c(oc3c1C4(C)CCC3(C)C)N2c1ccc2c(c1)C(C)(C)CCC2(C)C)C(C)(C)CCC5(C)C. The molecule has 0 fully saturated rings. The normalized spacial score (nSPS) is 23.2. The minimum atomic E-state index is -0.177. The van der Waals surface area contributed by atoms with Crippen LogP contribution in [0.4, 0.5) is 34.3 Å². The van der Waals surface area contributed by atoms with Gasteiger partial charge < -0.3 is 9.32 Å². The summed E-state index contributed by atoms with van der Waals surface area (Å²) in [5.74, 6) is 2.25. The van der Waals surface area contributed by atoms with Gasteiger partial charge in [0.25, 0.3) is 6.71 Å². The fourth-order valence-corrected chi connectivity index (χ4v) is 14.5. The van der Waals surface area contributed by atoms with Crippen molar-refractivity contribution in [2.45, 2.75) is 161 Å². The van der Waals surface area contributed by atoms with Crippen molar-refractivity contribution < 1.29 is 4.42 Å². The molecule has 0 amide bonds. The maximum atomic E-state index is 7.67. The second-order valence-electron chi connectivity index (χ2n) is 24.6. The van der Waals surface area contributed by atoms with Crippen molar-refractivity contribution in [1.82, 2.24) is 0 Å². The summed E-state index contributed by atoms with van der Waals surface area (Å²) < 4.78 is 7.67. The van der Waals surface area contributed by atoms with E-state index in [1.165, 1.54) is 143 Å². The molecule has 1 atom stereocenters. The third kappa shape index (κ3) is 4.54. The van der Waals surface area contributed by atoms with E-state index < -0.39 is 0 Å². The van der Waals surface area contributed by atoms with Crippen LogP contribution in [0.2, 0.25) is 0 Å². The first kappa shape index (κ1) is 38.5. The zero-order chi connectivity index (χ0) is 43.9. The molecule has 0 N–H and O–H groups in total. The number of aryl methyl sites for hydroxylation is 2. The predicted octanol–water partition coefficient (Wildman–Crippen LogP) is 14.0. The summed E-state index contributed by atoms with van der Waals surface area (Å²) in [4.78, 5) is 5.38. The van der Waals surface area contributed by atoms with Gasteiger partial charge in [-0.1, -0.05) is 113 Å². The lowest BCUT2D eigenvalue weighted by Crippen LogP contribution is -2.67. The number of anilines is 6. The predicted molar refractivity (Wildman–Crippen MR) is 266 cm³/mol. The van der Waals surface area contributed by atoms with E-state index in [-0.39, 0.29) is 39.2 Å². The van der Waals surface area contributed by atoms with Crippen molar-refractivity contribution in [2.75, 3.05) is 9.80 Å². The van der Waals surface area contributed by atoms with Gasteiger partial charge in [-0.2, -0.15) is 0 Å². The zero-order valence-corrected chi connectivity index (χ0v) is 40.1. The van der Waals surface area contributed by atoms with E-state index >= 15 is 0 Å². The van der Waals surface area contributed by atoms with Gasteiger partial charge in [0.1, 0.15) is 5.76 Å². The molecule has 318 valence electrons. The molecule has 6 aromatic rings. The molecule has 63 heavy (non-hydrogen) atoms. The van der Waals surface area contributed by atoms with Gasteiger partial charge in [0.05, 0.1) is 11.4 Å². The van der Waals surface area contributed by atoms with Crippen LogP contribution in [-0.4, -0.2) is 6.71 Å². The number of hydrogen-bond donors (Lipinski definition) is 0. The first-order chi connectivity index (χ1) is 29.7. The Balaban J connectivity index is 1.21. The van der Waals surface area contributed by atoms with Crippen molar-refractivity contribution >= 4 is 57.4 Å². The molecule has 1 aromatic heterocycles. The van der Waals surface area contributed by atoms with Gasteiger partial charge in [-0.05, 0) is 177 Å². The highest BCUT2D eigenvalue weighted by Gasteiger charge is 2.60. The molecule has 0 spiro atoms. The number of hydrogen-bond acceptors (Lipinski definition) is 3. The molecule has 4 aliphatic heterocycles. The summed E-state index contributed by atoms with van der Waals surface area (Å²) in [6, 6.07) is 29.6. The summed E-state index contributed by atoms with van der Waals surface area (Å²) in [5, 5.41) is 0. The Morgan fingerprint density at radius 3 is 1.79 bits per heavy atom. The van der Waals surface area contributed by atoms with Crippen LogP contribution in [0.25, 0.3) is 22.3 Å². The summed E-state index contributed by atoms with van der Waals surface area (Å²) in [6.07, 6.45) is 6.94. The summed E-state index contributed by atoms with van der Waals surface area (Å²) in [6.45, 7) is 32.0. The summed E-state index contributed by atoms with van der Waals surface area (Å²) in [5.41, 5.74) is 28.1. The molecule has 4 heteroatoms. The minimum absolute atomic E-state index is 0.0611. The standard InChI is InChI=1S/C59H63BN2O/c1-32-18-21-42-48-46(32)59(13)27-26-58(11,12)52-47(59)50-53(63-52)61(34-19-20-38-39(29-34)55(5,6)23-22-54(38,3)4)44-28-33(2)45-36-17-15-14-16-35(36)37-30-40-41(57(9,10)25-24-56(40,7)8)31-43(37)62(42)51(45)49(44)60(48)50/h14-21,28-31H,22-27H2,1-13H3. The third-order valence-electron chi connectivity index (χ3n) is 18.4. The Hall–Kier alpha value is -4.96. The number of rotatable bonds is 1. The average molecular weight is 827 g/mol.